The molecular weight excluding hydrogens is 448 g/mol. The van der Waals surface area contributed by atoms with Gasteiger partial charge in [-0.15, -0.1) is 0 Å². The number of hydrogen-bond donors (Lipinski definition) is 0. The second-order valence-electron chi connectivity index (χ2n) is 10.6. The minimum Gasteiger partial charge on any atom is -0.297 e. The van der Waals surface area contributed by atoms with Gasteiger partial charge in [0.1, 0.15) is 0 Å². The molecule has 1 aliphatic rings. The summed E-state index contributed by atoms with van der Waals surface area (Å²) < 4.78 is 0. The Morgan fingerprint density at radius 2 is 1.70 bits per heavy atom. The topological polar surface area (TPSA) is 24.7 Å². The van der Waals surface area contributed by atoms with E-state index in [-0.39, 0.29) is 5.92 Å². The van der Waals surface area contributed by atoms with Crippen LogP contribution in [-0.4, -0.2) is 18.5 Å². The molecule has 0 N–H and O–H groups in total. The summed E-state index contributed by atoms with van der Waals surface area (Å²) in [5, 5.41) is 0. The molecule has 0 aliphatic carbocycles. The Balaban J connectivity index is 2.39. The highest BCUT2D eigenvalue weighted by Gasteiger charge is 2.34. The molecule has 37 heavy (non-hydrogen) atoms. The standard InChI is InChI=1S/C35H50N2/c1-10-13-20-33-35(32(17-11-2)30-18-15-14-16-19-30)28(7)34(29(8)37-33)27(6)24-31(36-9)23-26(5)22-21-25(4)12-3/h14-16,18-19,21-22,32,35H,6-7,10-13,17,20,23-24H2,1-5,8-9H3/b25-21-,26-22+,36-31-. The Morgan fingerprint density at radius 1 is 1.03 bits per heavy atom. The number of allylic oxidation sites excluding steroid dienone is 8. The Labute approximate surface area is 227 Å². The summed E-state index contributed by atoms with van der Waals surface area (Å²) in [7, 11) is 1.90. The minimum absolute atomic E-state index is 0.218. The van der Waals surface area contributed by atoms with Gasteiger partial charge in [0.2, 0.25) is 0 Å². The van der Waals surface area contributed by atoms with Crippen molar-refractivity contribution in [3.05, 3.63) is 94.8 Å². The highest BCUT2D eigenvalue weighted by atomic mass is 14.8. The van der Waals surface area contributed by atoms with Crippen LogP contribution in [0.4, 0.5) is 0 Å². The molecule has 2 heteroatoms. The zero-order valence-electron chi connectivity index (χ0n) is 24.7. The Morgan fingerprint density at radius 3 is 2.30 bits per heavy atom. The number of unbranched alkanes of at least 4 members (excludes halogenated alkanes) is 1. The summed E-state index contributed by atoms with van der Waals surface area (Å²) in [5.74, 6) is 0.596. The van der Waals surface area contributed by atoms with Crippen molar-refractivity contribution in [2.24, 2.45) is 15.9 Å². The number of aliphatic imine (C=N–C) groups is 2. The van der Waals surface area contributed by atoms with E-state index in [9.17, 15) is 0 Å². The van der Waals surface area contributed by atoms with Crippen molar-refractivity contribution in [2.75, 3.05) is 7.05 Å². The predicted octanol–water partition coefficient (Wildman–Crippen LogP) is 10.4. The third-order valence-electron chi connectivity index (χ3n) is 7.53. The zero-order valence-corrected chi connectivity index (χ0v) is 24.7. The number of benzene rings is 1. The van der Waals surface area contributed by atoms with Gasteiger partial charge in [-0.05, 0) is 69.1 Å². The van der Waals surface area contributed by atoms with Crippen molar-refractivity contribution in [3.63, 3.8) is 0 Å². The summed E-state index contributed by atoms with van der Waals surface area (Å²) in [6.45, 7) is 22.5. The monoisotopic (exact) mass is 498 g/mol. The molecule has 2 nitrogen and oxygen atoms in total. The number of rotatable bonds is 14. The maximum absolute atomic E-state index is 5.25. The quantitative estimate of drug-likeness (QED) is 0.180. The maximum atomic E-state index is 5.25. The first-order valence-electron chi connectivity index (χ1n) is 14.2. The van der Waals surface area contributed by atoms with Gasteiger partial charge < -0.3 is 0 Å². The van der Waals surface area contributed by atoms with Crippen LogP contribution in [0, 0.1) is 5.92 Å². The van der Waals surface area contributed by atoms with Crippen LogP contribution in [0.25, 0.3) is 0 Å². The van der Waals surface area contributed by atoms with E-state index in [2.05, 4.69) is 95.6 Å². The summed E-state index contributed by atoms with van der Waals surface area (Å²) in [5.41, 5.74) is 11.0. The summed E-state index contributed by atoms with van der Waals surface area (Å²) in [6, 6.07) is 11.0. The van der Waals surface area contributed by atoms with Crippen LogP contribution in [0.5, 0.6) is 0 Å². The molecular formula is C35H50N2. The third kappa shape index (κ3) is 8.66. The smallest absolute Gasteiger partial charge is 0.0450 e. The van der Waals surface area contributed by atoms with Crippen LogP contribution in [-0.2, 0) is 0 Å². The van der Waals surface area contributed by atoms with Crippen molar-refractivity contribution < 1.29 is 0 Å². The second-order valence-corrected chi connectivity index (χ2v) is 10.6. The molecule has 2 atom stereocenters. The van der Waals surface area contributed by atoms with E-state index >= 15 is 0 Å². The fourth-order valence-electron chi connectivity index (χ4n) is 5.33. The fourth-order valence-corrected chi connectivity index (χ4v) is 5.33. The molecule has 1 aromatic carbocycles. The first kappa shape index (κ1) is 30.5. The molecule has 0 saturated heterocycles. The maximum Gasteiger partial charge on any atom is 0.0450 e. The lowest BCUT2D eigenvalue weighted by molar-refractivity contribution is 0.534. The van der Waals surface area contributed by atoms with Gasteiger partial charge in [-0.25, -0.2) is 0 Å². The number of hydrogen-bond acceptors (Lipinski definition) is 2. The molecule has 1 heterocycles. The molecule has 0 fully saturated rings. The lowest BCUT2D eigenvalue weighted by Gasteiger charge is -2.36. The van der Waals surface area contributed by atoms with E-state index < -0.39 is 0 Å². The first-order valence-corrected chi connectivity index (χ1v) is 14.2. The highest BCUT2D eigenvalue weighted by Crippen LogP contribution is 2.44. The van der Waals surface area contributed by atoms with Gasteiger partial charge in [0, 0.05) is 48.5 Å². The van der Waals surface area contributed by atoms with Crippen LogP contribution < -0.4 is 0 Å². The van der Waals surface area contributed by atoms with E-state index in [1.807, 2.05) is 7.05 Å². The first-order chi connectivity index (χ1) is 17.8. The van der Waals surface area contributed by atoms with Crippen LogP contribution in [0.2, 0.25) is 0 Å². The van der Waals surface area contributed by atoms with Crippen molar-refractivity contribution >= 4 is 11.4 Å². The zero-order chi connectivity index (χ0) is 27.4. The third-order valence-corrected chi connectivity index (χ3v) is 7.53. The summed E-state index contributed by atoms with van der Waals surface area (Å²) in [6.07, 6.45) is 12.7. The predicted molar refractivity (Wildman–Crippen MR) is 166 cm³/mol. The van der Waals surface area contributed by atoms with E-state index in [0.717, 1.165) is 67.5 Å². The van der Waals surface area contributed by atoms with Crippen LogP contribution in [0.1, 0.15) is 104 Å². The van der Waals surface area contributed by atoms with Crippen molar-refractivity contribution in [1.29, 1.82) is 0 Å². The van der Waals surface area contributed by atoms with E-state index in [0.29, 0.717) is 5.92 Å². The van der Waals surface area contributed by atoms with Gasteiger partial charge in [-0.1, -0.05) is 100 Å². The molecule has 0 saturated carbocycles. The van der Waals surface area contributed by atoms with Crippen molar-refractivity contribution in [2.45, 2.75) is 98.8 Å². The van der Waals surface area contributed by atoms with Crippen molar-refractivity contribution in [1.82, 2.24) is 0 Å². The van der Waals surface area contributed by atoms with Gasteiger partial charge in [0.15, 0.2) is 0 Å². The molecule has 1 aliphatic heterocycles. The van der Waals surface area contributed by atoms with Gasteiger partial charge >= 0.3 is 0 Å². The van der Waals surface area contributed by atoms with Crippen LogP contribution in [0.15, 0.2) is 99.2 Å². The SMILES string of the molecule is C=C(C/C(C/C(C)=C/C=C(/C)CC)=N\C)C1=C(C)N=C(CCCC)C(C(CCC)c2ccccc2)C1=C. The normalized spacial score (nSPS) is 18.2. The second kappa shape index (κ2) is 15.5. The van der Waals surface area contributed by atoms with Gasteiger partial charge in [0.05, 0.1) is 0 Å². The van der Waals surface area contributed by atoms with Gasteiger partial charge in [-0.3, -0.25) is 9.98 Å². The molecule has 2 rings (SSSR count). The van der Waals surface area contributed by atoms with E-state index in [1.165, 1.54) is 34.4 Å². The van der Waals surface area contributed by atoms with E-state index in [4.69, 9.17) is 11.6 Å². The molecule has 2 unspecified atom stereocenters. The fraction of sp³-hybridized carbons (Fsp3) is 0.486. The molecule has 0 spiro atoms. The number of nitrogens with zero attached hydrogens (tertiary/aromatic N) is 2. The molecule has 200 valence electrons. The van der Waals surface area contributed by atoms with Gasteiger partial charge in [-0.2, -0.15) is 0 Å². The lowest BCUT2D eigenvalue weighted by Crippen LogP contribution is -2.29. The molecule has 0 amide bonds. The Bertz CT molecular complexity index is 1080. The minimum atomic E-state index is 0.218. The largest absolute Gasteiger partial charge is 0.297 e. The van der Waals surface area contributed by atoms with Crippen molar-refractivity contribution in [3.8, 4) is 0 Å². The summed E-state index contributed by atoms with van der Waals surface area (Å²) >= 11 is 0. The molecule has 1 aromatic rings. The average molecular weight is 499 g/mol. The molecule has 0 aromatic heterocycles. The highest BCUT2D eigenvalue weighted by molar-refractivity contribution is 5.95. The average Bonchev–Trinajstić information content (AvgIpc) is 2.89. The molecule has 0 bridgehead atoms. The van der Waals surface area contributed by atoms with Crippen LogP contribution >= 0.6 is 0 Å². The Hall–Kier alpha value is -2.74. The van der Waals surface area contributed by atoms with Gasteiger partial charge in [0.25, 0.3) is 0 Å². The summed E-state index contributed by atoms with van der Waals surface area (Å²) in [4.78, 5) is 9.90. The van der Waals surface area contributed by atoms with E-state index in [1.54, 1.807) is 0 Å². The lowest BCUT2D eigenvalue weighted by atomic mass is 9.70. The van der Waals surface area contributed by atoms with Crippen LogP contribution in [0.3, 0.4) is 0 Å². The molecule has 0 radical (unpaired) electrons. The Kier molecular flexibility index (Phi) is 12.8.